The number of hydrogen-bond donors (Lipinski definition) is 0. The van der Waals surface area contributed by atoms with Gasteiger partial charge in [0.25, 0.3) is 0 Å². The zero-order valence-electron chi connectivity index (χ0n) is 34.7. The summed E-state index contributed by atoms with van der Waals surface area (Å²) in [4.78, 5) is 25.0. The Morgan fingerprint density at radius 2 is 1.16 bits per heavy atom. The van der Waals surface area contributed by atoms with Crippen molar-refractivity contribution < 1.29 is 56.6 Å². The van der Waals surface area contributed by atoms with Gasteiger partial charge in [0.1, 0.15) is 53.3 Å². The minimum Gasteiger partial charge on any atom is -0.463 e. The molecular formula is C44H59IO12Si. The van der Waals surface area contributed by atoms with Gasteiger partial charge in [-0.3, -0.25) is 9.59 Å². The van der Waals surface area contributed by atoms with Crippen LogP contribution in [0.25, 0.3) is 0 Å². The first-order valence-corrected chi connectivity index (χ1v) is 23.9. The normalized spacial score (nSPS) is 27.8. The highest BCUT2D eigenvalue weighted by molar-refractivity contribution is 14.1. The monoisotopic (exact) mass is 934 g/mol. The molecule has 0 spiro atoms. The molecule has 2 heterocycles. The summed E-state index contributed by atoms with van der Waals surface area (Å²) in [5.41, 5.74) is 2.90. The molecule has 2 aliphatic rings. The zero-order chi connectivity index (χ0) is 41.9. The highest BCUT2D eigenvalue weighted by atomic mass is 127. The van der Waals surface area contributed by atoms with Crippen molar-refractivity contribution in [1.29, 1.82) is 0 Å². The predicted molar refractivity (Wildman–Crippen MR) is 227 cm³/mol. The quantitative estimate of drug-likeness (QED) is 0.0542. The van der Waals surface area contributed by atoms with Crippen molar-refractivity contribution in [2.45, 2.75) is 132 Å². The van der Waals surface area contributed by atoms with Gasteiger partial charge in [0.15, 0.2) is 20.9 Å². The van der Waals surface area contributed by atoms with Gasteiger partial charge in [0.05, 0.1) is 26.4 Å². The van der Waals surface area contributed by atoms with E-state index in [1.54, 1.807) is 7.11 Å². The number of esters is 2. The number of ether oxygens (including phenoxy) is 9. The number of carbonyl (C=O) groups excluding carboxylic acids is 2. The maximum atomic E-state index is 12.8. The first-order valence-electron chi connectivity index (χ1n) is 19.7. The largest absolute Gasteiger partial charge is 0.463 e. The third kappa shape index (κ3) is 12.9. The third-order valence-corrected chi connectivity index (χ3v) is 16.4. The first kappa shape index (κ1) is 46.3. The molecule has 12 nitrogen and oxygen atoms in total. The van der Waals surface area contributed by atoms with Crippen LogP contribution in [0.4, 0.5) is 0 Å². The molecule has 14 heteroatoms. The minimum atomic E-state index is -2.49. The molecule has 3 aromatic rings. The summed E-state index contributed by atoms with van der Waals surface area (Å²) < 4.78 is 64.1. The third-order valence-electron chi connectivity index (χ3n) is 10.6. The highest BCUT2D eigenvalue weighted by Crippen LogP contribution is 2.42. The lowest BCUT2D eigenvalue weighted by atomic mass is 9.97. The number of carbonyl (C=O) groups is 2. The zero-order valence-corrected chi connectivity index (χ0v) is 37.9. The summed E-state index contributed by atoms with van der Waals surface area (Å²) in [7, 11) is -0.919. The summed E-state index contributed by atoms with van der Waals surface area (Å²) >= 11 is 2.20. The van der Waals surface area contributed by atoms with Crippen molar-refractivity contribution in [3.05, 3.63) is 108 Å². The Morgan fingerprint density at radius 1 is 0.655 bits per heavy atom. The first-order chi connectivity index (χ1) is 27.7. The van der Waals surface area contributed by atoms with Gasteiger partial charge in [-0.25, -0.2) is 0 Å². The lowest BCUT2D eigenvalue weighted by Crippen LogP contribution is -2.66. The van der Waals surface area contributed by atoms with Gasteiger partial charge < -0.3 is 47.1 Å². The van der Waals surface area contributed by atoms with Gasteiger partial charge in [-0.15, -0.1) is 0 Å². The summed E-state index contributed by atoms with van der Waals surface area (Å²) in [6, 6.07) is 29.5. The van der Waals surface area contributed by atoms with Gasteiger partial charge in [0, 0.05) is 21.0 Å². The number of rotatable bonds is 18. The lowest BCUT2D eigenvalue weighted by molar-refractivity contribution is -0.350. The van der Waals surface area contributed by atoms with Crippen molar-refractivity contribution >= 4 is 42.8 Å². The van der Waals surface area contributed by atoms with E-state index in [0.29, 0.717) is 6.61 Å². The van der Waals surface area contributed by atoms with E-state index in [2.05, 4.69) is 56.5 Å². The smallest absolute Gasteiger partial charge is 0.303 e. The van der Waals surface area contributed by atoms with E-state index in [0.717, 1.165) is 16.7 Å². The fourth-order valence-electron chi connectivity index (χ4n) is 6.58. The fraction of sp³-hybridized carbons (Fsp3) is 0.545. The van der Waals surface area contributed by atoms with Crippen LogP contribution >= 0.6 is 22.6 Å². The van der Waals surface area contributed by atoms with Gasteiger partial charge in [-0.2, -0.15) is 0 Å². The van der Waals surface area contributed by atoms with Gasteiger partial charge in [-0.05, 0) is 34.8 Å². The van der Waals surface area contributed by atoms with E-state index in [1.165, 1.54) is 13.8 Å². The van der Waals surface area contributed by atoms with Crippen molar-refractivity contribution in [3.63, 3.8) is 0 Å². The average Bonchev–Trinajstić information content (AvgIpc) is 3.19. The standard InChI is InChI=1S/C44H59IO12Si/c1-29(46)50-28-35-38(57-58(7,8)44(3,4)5)39(53-30(2)47)36(45)42(54-35)56-37-34(27-49-24-31-18-12-9-13-19-31)55-43(48-6)41(52-26-33-22-16-11-17-23-33)40(37)51-25-32-20-14-10-15-21-32/h9-23,34-43H,24-28H2,1-8H3/t34-,35-,36-,37-,38-,39-,40+,41-,42+,43+/m1/s1. The van der Waals surface area contributed by atoms with Crippen LogP contribution < -0.4 is 0 Å². The van der Waals surface area contributed by atoms with Crippen LogP contribution in [0.15, 0.2) is 91.0 Å². The molecule has 0 saturated carbocycles. The maximum absolute atomic E-state index is 12.8. The molecule has 0 amide bonds. The SMILES string of the molecule is CO[C@H]1O[C@H](COCc2ccccc2)[C@@H](O[C@@H]2O[C@H](COC(C)=O)[C@@H](O[Si](C)(C)C(C)(C)C)[C@H](OC(C)=O)[C@H]2I)[C@H](OCc2ccccc2)[C@H]1OCc1ccccc1. The Hall–Kier alpha value is -2.77. The minimum absolute atomic E-state index is 0.107. The van der Waals surface area contributed by atoms with Crippen LogP contribution in [-0.4, -0.2) is 99.8 Å². The number of methoxy groups -OCH3 is 1. The van der Waals surface area contributed by atoms with Crippen LogP contribution in [0.5, 0.6) is 0 Å². The molecule has 10 atom stereocenters. The Bertz CT molecular complexity index is 1690. The average molecular weight is 935 g/mol. The Kier molecular flexibility index (Phi) is 17.3. The summed E-state index contributed by atoms with van der Waals surface area (Å²) in [5.74, 6) is -0.973. The van der Waals surface area contributed by atoms with Crippen molar-refractivity contribution in [2.75, 3.05) is 20.3 Å². The van der Waals surface area contributed by atoms with Crippen LogP contribution in [0.3, 0.4) is 0 Å². The van der Waals surface area contributed by atoms with Gasteiger partial charge >= 0.3 is 11.9 Å². The maximum Gasteiger partial charge on any atom is 0.303 e. The molecule has 58 heavy (non-hydrogen) atoms. The van der Waals surface area contributed by atoms with Crippen LogP contribution in [0.1, 0.15) is 51.3 Å². The molecular weight excluding hydrogens is 875 g/mol. The molecule has 0 aromatic heterocycles. The number of alkyl halides is 1. The van der Waals surface area contributed by atoms with E-state index in [1.807, 2.05) is 91.0 Å². The van der Waals surface area contributed by atoms with E-state index in [4.69, 9.17) is 47.1 Å². The van der Waals surface area contributed by atoms with E-state index >= 15 is 0 Å². The van der Waals surface area contributed by atoms with Crippen molar-refractivity contribution in [1.82, 2.24) is 0 Å². The van der Waals surface area contributed by atoms with Crippen LogP contribution in [0, 0.1) is 0 Å². The fourth-order valence-corrected chi connectivity index (χ4v) is 8.80. The molecule has 3 aromatic carbocycles. The molecule has 5 rings (SSSR count). The number of benzene rings is 3. The van der Waals surface area contributed by atoms with E-state index in [9.17, 15) is 9.59 Å². The van der Waals surface area contributed by atoms with Crippen LogP contribution in [0.2, 0.25) is 18.1 Å². The van der Waals surface area contributed by atoms with E-state index in [-0.39, 0.29) is 31.5 Å². The second-order valence-corrected chi connectivity index (χ2v) is 22.3. The van der Waals surface area contributed by atoms with Crippen molar-refractivity contribution in [2.24, 2.45) is 0 Å². The molecule has 318 valence electrons. The summed E-state index contributed by atoms with van der Waals surface area (Å²) in [5, 5.41) is -0.184. The lowest BCUT2D eigenvalue weighted by Gasteiger charge is -2.50. The van der Waals surface area contributed by atoms with Gasteiger partial charge in [-0.1, -0.05) is 134 Å². The number of halogens is 1. The summed E-state index contributed by atoms with van der Waals surface area (Å²) in [6.07, 6.45) is -7.46. The molecule has 0 unspecified atom stereocenters. The second-order valence-electron chi connectivity index (χ2n) is 16.1. The predicted octanol–water partition coefficient (Wildman–Crippen LogP) is 7.54. The van der Waals surface area contributed by atoms with Gasteiger partial charge in [0.2, 0.25) is 0 Å². The second kappa shape index (κ2) is 21.7. The van der Waals surface area contributed by atoms with Crippen LogP contribution in [-0.2, 0) is 76.5 Å². The molecule has 0 bridgehead atoms. The molecule has 0 N–H and O–H groups in total. The topological polar surface area (TPSA) is 126 Å². The highest BCUT2D eigenvalue weighted by Gasteiger charge is 2.55. The Morgan fingerprint density at radius 3 is 1.66 bits per heavy atom. The molecule has 2 aliphatic heterocycles. The Labute approximate surface area is 357 Å². The summed E-state index contributed by atoms with van der Waals surface area (Å²) in [6.45, 7) is 14.1. The molecule has 2 fully saturated rings. The number of hydrogen-bond acceptors (Lipinski definition) is 12. The Balaban J connectivity index is 1.53. The molecule has 0 radical (unpaired) electrons. The van der Waals surface area contributed by atoms with E-state index < -0.39 is 79.5 Å². The molecule has 0 aliphatic carbocycles. The molecule has 2 saturated heterocycles. The van der Waals surface area contributed by atoms with Crippen molar-refractivity contribution in [3.8, 4) is 0 Å².